The maximum Gasteiger partial charge on any atom is 0.119 e. The summed E-state index contributed by atoms with van der Waals surface area (Å²) in [6.07, 6.45) is 1.66. The minimum Gasteiger partial charge on any atom is -0.274 e. The van der Waals surface area contributed by atoms with E-state index in [1.54, 1.807) is 13.3 Å². The first kappa shape index (κ1) is 8.51. The van der Waals surface area contributed by atoms with Crippen molar-refractivity contribution in [1.29, 1.82) is 0 Å². The second kappa shape index (κ2) is 4.39. The Morgan fingerprint density at radius 2 is 2.22 bits per heavy atom. The molecule has 1 atom stereocenters. The largest absolute Gasteiger partial charge is 0.274 e. The van der Waals surface area contributed by atoms with Crippen LogP contribution in [0.2, 0.25) is 0 Å². The van der Waals surface area contributed by atoms with Crippen LogP contribution in [0.25, 0.3) is 0 Å². The third kappa shape index (κ3) is 5.38. The van der Waals surface area contributed by atoms with Crippen molar-refractivity contribution in [2.45, 2.75) is 6.92 Å². The molecule has 0 fully saturated rings. The summed E-state index contributed by atoms with van der Waals surface area (Å²) in [5.41, 5.74) is 0. The van der Waals surface area contributed by atoms with Gasteiger partial charge in [-0.25, -0.2) is 4.99 Å². The van der Waals surface area contributed by atoms with E-state index in [4.69, 9.17) is 0 Å². The number of hydrogen-bond acceptors (Lipinski definition) is 1. The van der Waals surface area contributed by atoms with Gasteiger partial charge in [-0.15, -0.1) is 9.24 Å². The van der Waals surface area contributed by atoms with Crippen LogP contribution in [0.5, 0.6) is 0 Å². The highest BCUT2D eigenvalue weighted by Crippen LogP contribution is 1.95. The van der Waals surface area contributed by atoms with E-state index >= 15 is 0 Å². The van der Waals surface area contributed by atoms with Gasteiger partial charge in [0.15, 0.2) is 0 Å². The lowest BCUT2D eigenvalue weighted by Crippen LogP contribution is -1.84. The quantitative estimate of drug-likeness (QED) is 0.301. The van der Waals surface area contributed by atoms with Crippen LogP contribution in [0.15, 0.2) is 21.9 Å². The van der Waals surface area contributed by atoms with E-state index in [0.717, 1.165) is 11.1 Å². The second-order valence-electron chi connectivity index (χ2n) is 1.60. The summed E-state index contributed by atoms with van der Waals surface area (Å²) in [6, 6.07) is 0. The van der Waals surface area contributed by atoms with Crippen LogP contribution in [0, 0.1) is 0 Å². The van der Waals surface area contributed by atoms with Gasteiger partial charge in [0, 0.05) is 13.3 Å². The first-order valence-corrected chi connectivity index (χ1v) is 3.16. The molecule has 0 bridgehead atoms. The van der Waals surface area contributed by atoms with E-state index in [2.05, 4.69) is 25.8 Å². The Hall–Kier alpha value is -0.490. The number of amidine groups is 1. The van der Waals surface area contributed by atoms with Crippen LogP contribution in [-0.4, -0.2) is 19.1 Å². The number of nitrogens with zero attached hydrogens (tertiary/aromatic N) is 2. The Kier molecular flexibility index (Phi) is 4.16. The average molecular weight is 142 g/mol. The van der Waals surface area contributed by atoms with Crippen molar-refractivity contribution in [2.75, 3.05) is 7.05 Å². The first-order valence-electron chi connectivity index (χ1n) is 2.58. The lowest BCUT2D eigenvalue weighted by atomic mass is 10.6. The lowest BCUT2D eigenvalue weighted by Gasteiger charge is -1.85. The zero-order valence-electron chi connectivity index (χ0n) is 5.76. The smallest absolute Gasteiger partial charge is 0.119 e. The van der Waals surface area contributed by atoms with Crippen molar-refractivity contribution < 1.29 is 0 Å². The number of rotatable bonds is 1. The highest BCUT2D eigenvalue weighted by Gasteiger charge is 1.78. The summed E-state index contributed by atoms with van der Waals surface area (Å²) >= 11 is 0. The lowest BCUT2D eigenvalue weighted by molar-refractivity contribution is 1.38. The molecule has 0 spiro atoms. The molecule has 0 aromatic carbocycles. The topological polar surface area (TPSA) is 24.7 Å². The van der Waals surface area contributed by atoms with Crippen LogP contribution in [0.1, 0.15) is 6.92 Å². The molecule has 50 valence electrons. The fraction of sp³-hybridized carbons (Fsp3) is 0.333. The van der Waals surface area contributed by atoms with Gasteiger partial charge in [-0.3, -0.25) is 4.99 Å². The molecule has 1 unspecified atom stereocenters. The molecular formula is C6H11N2P. The van der Waals surface area contributed by atoms with Gasteiger partial charge in [0.2, 0.25) is 0 Å². The van der Waals surface area contributed by atoms with E-state index in [0.29, 0.717) is 0 Å². The zero-order chi connectivity index (χ0) is 7.28. The van der Waals surface area contributed by atoms with Crippen LogP contribution >= 0.6 is 9.24 Å². The normalized spacial score (nSPS) is 12.6. The van der Waals surface area contributed by atoms with Gasteiger partial charge in [0.05, 0.1) is 0 Å². The SMILES string of the molecule is C=C(P)/C=N\C(C)=N/C. The maximum atomic E-state index is 3.95. The van der Waals surface area contributed by atoms with Crippen molar-refractivity contribution in [3.8, 4) is 0 Å². The highest BCUT2D eigenvalue weighted by atomic mass is 31.0. The number of allylic oxidation sites excluding steroid dienone is 1. The van der Waals surface area contributed by atoms with E-state index in [-0.39, 0.29) is 0 Å². The maximum absolute atomic E-state index is 3.95. The Morgan fingerprint density at radius 1 is 1.67 bits per heavy atom. The molecule has 0 saturated carbocycles. The molecule has 3 heteroatoms. The third-order valence-electron chi connectivity index (χ3n) is 0.741. The van der Waals surface area contributed by atoms with Crippen molar-refractivity contribution in [3.05, 3.63) is 11.9 Å². The van der Waals surface area contributed by atoms with Gasteiger partial charge in [0.25, 0.3) is 0 Å². The van der Waals surface area contributed by atoms with Gasteiger partial charge >= 0.3 is 0 Å². The molecule has 0 aliphatic rings. The Labute approximate surface area is 58.0 Å². The fourth-order valence-electron chi connectivity index (χ4n) is 0.234. The molecule has 0 aromatic rings. The van der Waals surface area contributed by atoms with Crippen molar-refractivity contribution >= 4 is 21.3 Å². The summed E-state index contributed by atoms with van der Waals surface area (Å²) in [5.74, 6) is 0.763. The summed E-state index contributed by atoms with van der Waals surface area (Å²) in [4.78, 5) is 7.78. The second-order valence-corrected chi connectivity index (χ2v) is 2.35. The molecule has 0 aliphatic heterocycles. The predicted molar refractivity (Wildman–Crippen MR) is 46.4 cm³/mol. The molecule has 0 amide bonds. The minimum absolute atomic E-state index is 0.763. The van der Waals surface area contributed by atoms with Gasteiger partial charge < -0.3 is 0 Å². The molecule has 0 radical (unpaired) electrons. The van der Waals surface area contributed by atoms with Crippen molar-refractivity contribution in [3.63, 3.8) is 0 Å². The molecule has 0 aromatic heterocycles. The van der Waals surface area contributed by atoms with Gasteiger partial charge in [-0.05, 0) is 12.2 Å². The van der Waals surface area contributed by atoms with Crippen LogP contribution in [0.4, 0.5) is 0 Å². The predicted octanol–water partition coefficient (Wildman–Crippen LogP) is 1.49. The molecule has 2 nitrogen and oxygen atoms in total. The summed E-state index contributed by atoms with van der Waals surface area (Å²) < 4.78 is 0. The average Bonchev–Trinajstić information content (AvgIpc) is 1.83. The summed E-state index contributed by atoms with van der Waals surface area (Å²) in [5, 5.41) is 0.859. The third-order valence-corrected chi connectivity index (χ3v) is 0.890. The molecule has 9 heavy (non-hydrogen) atoms. The van der Waals surface area contributed by atoms with Crippen LogP contribution in [0.3, 0.4) is 0 Å². The number of hydrogen-bond donors (Lipinski definition) is 0. The van der Waals surface area contributed by atoms with Gasteiger partial charge in [0.1, 0.15) is 5.84 Å². The monoisotopic (exact) mass is 142 g/mol. The molecule has 0 heterocycles. The minimum atomic E-state index is 0.763. The summed E-state index contributed by atoms with van der Waals surface area (Å²) in [6.45, 7) is 5.46. The van der Waals surface area contributed by atoms with E-state index in [1.807, 2.05) is 6.92 Å². The molecular weight excluding hydrogens is 131 g/mol. The molecule has 0 N–H and O–H groups in total. The number of aliphatic imine (C=N–C) groups is 2. The molecule has 0 rings (SSSR count). The standard InChI is InChI=1S/C6H11N2P/c1-5(9)4-8-6(2)7-3/h4H,1,9H2,2-3H3/b7-6-,8-4-. The van der Waals surface area contributed by atoms with Crippen molar-refractivity contribution in [1.82, 2.24) is 0 Å². The van der Waals surface area contributed by atoms with E-state index in [9.17, 15) is 0 Å². The van der Waals surface area contributed by atoms with E-state index in [1.165, 1.54) is 0 Å². The van der Waals surface area contributed by atoms with Crippen molar-refractivity contribution in [2.24, 2.45) is 9.98 Å². The van der Waals surface area contributed by atoms with Crippen LogP contribution in [-0.2, 0) is 0 Å². The van der Waals surface area contributed by atoms with Gasteiger partial charge in [-0.2, -0.15) is 0 Å². The molecule has 0 aliphatic carbocycles. The Morgan fingerprint density at radius 3 is 2.56 bits per heavy atom. The molecule has 0 saturated heterocycles. The van der Waals surface area contributed by atoms with Gasteiger partial charge in [-0.1, -0.05) is 6.58 Å². The Balaban J connectivity index is 3.86. The fourth-order valence-corrected chi connectivity index (χ4v) is 0.309. The summed E-state index contributed by atoms with van der Waals surface area (Å²) in [7, 11) is 4.15. The first-order chi connectivity index (χ1) is 4.16. The van der Waals surface area contributed by atoms with E-state index < -0.39 is 0 Å². The highest BCUT2D eigenvalue weighted by molar-refractivity contribution is 7.24. The zero-order valence-corrected chi connectivity index (χ0v) is 6.91. The van der Waals surface area contributed by atoms with Crippen LogP contribution < -0.4 is 0 Å². The Bertz CT molecular complexity index is 158.